The van der Waals surface area contributed by atoms with E-state index in [9.17, 15) is 0 Å². The molecule has 2 rings (SSSR count). The molecule has 2 heterocycles. The van der Waals surface area contributed by atoms with Gasteiger partial charge in [0.05, 0.1) is 4.70 Å². The summed E-state index contributed by atoms with van der Waals surface area (Å²) in [6.45, 7) is 0.922. The van der Waals surface area contributed by atoms with E-state index in [1.165, 1.54) is 15.0 Å². The zero-order valence-electron chi connectivity index (χ0n) is 7.17. The lowest BCUT2D eigenvalue weighted by Crippen LogP contribution is -2.02. The summed E-state index contributed by atoms with van der Waals surface area (Å²) in [5.41, 5.74) is 0. The van der Waals surface area contributed by atoms with Crippen molar-refractivity contribution in [2.45, 2.75) is 6.54 Å². The van der Waals surface area contributed by atoms with E-state index >= 15 is 0 Å². The number of pyridine rings is 1. The number of hydrogen-bond donors (Lipinski definition) is 1. The van der Waals surface area contributed by atoms with Crippen LogP contribution in [-0.4, -0.2) is 12.0 Å². The van der Waals surface area contributed by atoms with Crippen molar-refractivity contribution in [3.05, 3.63) is 27.8 Å². The van der Waals surface area contributed by atoms with E-state index in [2.05, 4.69) is 32.3 Å². The predicted molar refractivity (Wildman–Crippen MR) is 60.1 cm³/mol. The number of nitrogens with one attached hydrogen (secondary N) is 1. The number of fused-ring (bicyclic) bond motifs is 1. The Morgan fingerprint density at radius 3 is 3.08 bits per heavy atom. The number of halogens is 1. The maximum Gasteiger partial charge on any atom is 0.0540 e. The number of thiophene rings is 1. The van der Waals surface area contributed by atoms with Crippen LogP contribution in [0.2, 0.25) is 0 Å². The second-order valence-electron chi connectivity index (χ2n) is 2.78. The molecule has 13 heavy (non-hydrogen) atoms. The summed E-state index contributed by atoms with van der Waals surface area (Å²) in [6.07, 6.45) is 3.74. The first-order valence-corrected chi connectivity index (χ1v) is 5.58. The Morgan fingerprint density at radius 1 is 1.54 bits per heavy atom. The van der Waals surface area contributed by atoms with E-state index < -0.39 is 0 Å². The molecular formula is C9H9BrN2S. The molecular weight excluding hydrogens is 248 g/mol. The van der Waals surface area contributed by atoms with Crippen LogP contribution in [0.15, 0.2) is 22.9 Å². The first-order chi connectivity index (χ1) is 6.31. The highest BCUT2D eigenvalue weighted by molar-refractivity contribution is 9.10. The minimum atomic E-state index is 0.922. The summed E-state index contributed by atoms with van der Waals surface area (Å²) in [5, 5.41) is 4.39. The Labute approximate surface area is 89.1 Å². The van der Waals surface area contributed by atoms with E-state index in [0.29, 0.717) is 0 Å². The minimum Gasteiger partial charge on any atom is -0.315 e. The van der Waals surface area contributed by atoms with Crippen LogP contribution in [0.5, 0.6) is 0 Å². The van der Waals surface area contributed by atoms with Crippen LogP contribution in [0.25, 0.3) is 10.1 Å². The molecule has 0 atom stereocenters. The molecule has 2 aromatic rings. The van der Waals surface area contributed by atoms with Crippen molar-refractivity contribution in [2.24, 2.45) is 0 Å². The molecule has 0 bridgehead atoms. The van der Waals surface area contributed by atoms with Gasteiger partial charge < -0.3 is 5.32 Å². The van der Waals surface area contributed by atoms with E-state index in [0.717, 1.165) is 11.0 Å². The molecule has 0 radical (unpaired) electrons. The zero-order valence-corrected chi connectivity index (χ0v) is 9.58. The van der Waals surface area contributed by atoms with Gasteiger partial charge in [0, 0.05) is 33.7 Å². The fourth-order valence-electron chi connectivity index (χ4n) is 1.24. The number of nitrogens with zero attached hydrogens (tertiary/aromatic N) is 1. The van der Waals surface area contributed by atoms with Crippen molar-refractivity contribution in [1.82, 2.24) is 10.3 Å². The highest BCUT2D eigenvalue weighted by Gasteiger charge is 2.03. The van der Waals surface area contributed by atoms with Crippen LogP contribution < -0.4 is 5.32 Å². The Kier molecular flexibility index (Phi) is 2.62. The molecule has 0 aliphatic carbocycles. The number of hydrogen-bond acceptors (Lipinski definition) is 3. The van der Waals surface area contributed by atoms with Gasteiger partial charge in [-0.15, -0.1) is 11.3 Å². The van der Waals surface area contributed by atoms with Gasteiger partial charge in [-0.1, -0.05) is 0 Å². The number of rotatable bonds is 2. The second kappa shape index (κ2) is 3.74. The molecule has 0 saturated heterocycles. The Balaban J connectivity index is 2.55. The van der Waals surface area contributed by atoms with Gasteiger partial charge in [0.2, 0.25) is 0 Å². The van der Waals surface area contributed by atoms with Crippen molar-refractivity contribution in [3.63, 3.8) is 0 Å². The quantitative estimate of drug-likeness (QED) is 0.894. The molecule has 1 N–H and O–H groups in total. The third-order valence-corrected chi connectivity index (χ3v) is 3.50. The third kappa shape index (κ3) is 1.75. The van der Waals surface area contributed by atoms with Gasteiger partial charge in [0.15, 0.2) is 0 Å². The Morgan fingerprint density at radius 2 is 2.38 bits per heavy atom. The van der Waals surface area contributed by atoms with E-state index in [1.54, 1.807) is 11.3 Å². The van der Waals surface area contributed by atoms with E-state index in [-0.39, 0.29) is 0 Å². The molecule has 0 unspecified atom stereocenters. The van der Waals surface area contributed by atoms with Crippen molar-refractivity contribution < 1.29 is 0 Å². The molecule has 0 fully saturated rings. The molecule has 2 nitrogen and oxygen atoms in total. The molecule has 0 aromatic carbocycles. The zero-order chi connectivity index (χ0) is 9.26. The average Bonchev–Trinajstić information content (AvgIpc) is 2.49. The largest absolute Gasteiger partial charge is 0.315 e. The fourth-order valence-corrected chi connectivity index (χ4v) is 2.89. The monoisotopic (exact) mass is 256 g/mol. The summed E-state index contributed by atoms with van der Waals surface area (Å²) < 4.78 is 2.31. The summed E-state index contributed by atoms with van der Waals surface area (Å²) in [5.74, 6) is 0. The minimum absolute atomic E-state index is 0.922. The van der Waals surface area contributed by atoms with Crippen LogP contribution in [0, 0.1) is 0 Å². The van der Waals surface area contributed by atoms with Gasteiger partial charge in [0.25, 0.3) is 0 Å². The molecule has 2 aromatic heterocycles. The van der Waals surface area contributed by atoms with Crippen LogP contribution >= 0.6 is 27.3 Å². The normalized spacial score (nSPS) is 10.9. The topological polar surface area (TPSA) is 24.9 Å². The van der Waals surface area contributed by atoms with Crippen molar-refractivity contribution in [1.29, 1.82) is 0 Å². The number of aromatic nitrogens is 1. The lowest BCUT2D eigenvalue weighted by molar-refractivity contribution is 0.832. The first kappa shape index (κ1) is 9.12. The molecule has 68 valence electrons. The Bertz CT molecular complexity index is 424. The van der Waals surface area contributed by atoms with Gasteiger partial charge in [-0.05, 0) is 29.0 Å². The van der Waals surface area contributed by atoms with Gasteiger partial charge >= 0.3 is 0 Å². The van der Waals surface area contributed by atoms with Crippen molar-refractivity contribution >= 4 is 37.4 Å². The molecule has 0 spiro atoms. The Hall–Kier alpha value is -0.450. The highest BCUT2D eigenvalue weighted by atomic mass is 79.9. The molecule has 4 heteroatoms. The van der Waals surface area contributed by atoms with Gasteiger partial charge in [-0.2, -0.15) is 0 Å². The molecule has 0 aliphatic heterocycles. The average molecular weight is 257 g/mol. The van der Waals surface area contributed by atoms with Crippen LogP contribution in [-0.2, 0) is 6.54 Å². The van der Waals surface area contributed by atoms with Gasteiger partial charge in [-0.3, -0.25) is 4.98 Å². The van der Waals surface area contributed by atoms with Gasteiger partial charge in [-0.25, -0.2) is 0 Å². The van der Waals surface area contributed by atoms with Gasteiger partial charge in [0.1, 0.15) is 0 Å². The molecule has 0 amide bonds. The summed E-state index contributed by atoms with van der Waals surface area (Å²) in [4.78, 5) is 5.47. The van der Waals surface area contributed by atoms with E-state index in [4.69, 9.17) is 0 Å². The third-order valence-electron chi connectivity index (χ3n) is 1.80. The highest BCUT2D eigenvalue weighted by Crippen LogP contribution is 2.30. The summed E-state index contributed by atoms with van der Waals surface area (Å²) in [7, 11) is 1.96. The standard InChI is InChI=1S/C9H9BrN2S/c1-11-3-6-2-7-8(10)4-12-5-9(7)13-6/h2,4-5,11H,3H2,1H3. The fraction of sp³-hybridized carbons (Fsp3) is 0.222. The smallest absolute Gasteiger partial charge is 0.0540 e. The molecule has 0 saturated carbocycles. The first-order valence-electron chi connectivity index (χ1n) is 3.98. The maximum absolute atomic E-state index is 4.13. The van der Waals surface area contributed by atoms with E-state index in [1.807, 2.05) is 19.4 Å². The molecule has 0 aliphatic rings. The van der Waals surface area contributed by atoms with Crippen LogP contribution in [0.1, 0.15) is 4.88 Å². The lowest BCUT2D eigenvalue weighted by atomic mass is 10.3. The lowest BCUT2D eigenvalue weighted by Gasteiger charge is -1.90. The van der Waals surface area contributed by atoms with Crippen LogP contribution in [0.3, 0.4) is 0 Å². The second-order valence-corrected chi connectivity index (χ2v) is 4.80. The summed E-state index contributed by atoms with van der Waals surface area (Å²) in [6, 6.07) is 2.20. The van der Waals surface area contributed by atoms with Crippen LogP contribution in [0.4, 0.5) is 0 Å². The van der Waals surface area contributed by atoms with Crippen molar-refractivity contribution in [3.8, 4) is 0 Å². The maximum atomic E-state index is 4.13. The predicted octanol–water partition coefficient (Wildman–Crippen LogP) is 2.78. The van der Waals surface area contributed by atoms with Crippen molar-refractivity contribution in [2.75, 3.05) is 7.05 Å². The SMILES string of the molecule is CNCc1cc2c(Br)cncc2s1. The summed E-state index contributed by atoms with van der Waals surface area (Å²) >= 11 is 5.27.